The molecule has 0 saturated carbocycles. The highest BCUT2D eigenvalue weighted by Crippen LogP contribution is 2.35. The molecule has 1 unspecified atom stereocenters. The Morgan fingerprint density at radius 2 is 0.805 bits per heavy atom. The van der Waals surface area contributed by atoms with Crippen LogP contribution >= 0.6 is 0 Å². The lowest BCUT2D eigenvalue weighted by molar-refractivity contribution is -0.345. The highest BCUT2D eigenvalue weighted by molar-refractivity contribution is 4.90. The Kier molecular flexibility index (Phi) is 12.2. The summed E-state index contributed by atoms with van der Waals surface area (Å²) in [6, 6.07) is 0. The Morgan fingerprint density at radius 1 is 0.463 bits per heavy atom. The average molecular weight is 595 g/mol. The molecule has 0 bridgehead atoms. The summed E-state index contributed by atoms with van der Waals surface area (Å²) < 4.78 is 65.6. The fraction of sp³-hybridized carbons (Fsp3) is 1.00. The van der Waals surface area contributed by atoms with Gasteiger partial charge in [0.25, 0.3) is 0 Å². The second-order valence-corrected chi connectivity index (χ2v) is 11.4. The van der Waals surface area contributed by atoms with Crippen LogP contribution in [0.2, 0.25) is 0 Å². The van der Waals surface area contributed by atoms with Crippen molar-refractivity contribution >= 4 is 0 Å². The molecule has 0 aromatic rings. The van der Waals surface area contributed by atoms with Crippen LogP contribution in [0.1, 0.15) is 53.4 Å². The molecule has 4 saturated heterocycles. The fourth-order valence-corrected chi connectivity index (χ4v) is 6.33. The van der Waals surface area contributed by atoms with Gasteiger partial charge in [-0.1, -0.05) is 0 Å². The first-order valence-electron chi connectivity index (χ1n) is 14.6. The summed E-state index contributed by atoms with van der Waals surface area (Å²) >= 11 is 0. The molecule has 0 aromatic carbocycles. The maximum Gasteiger partial charge on any atom is 0.161 e. The molecule has 0 amide bonds. The summed E-state index contributed by atoms with van der Waals surface area (Å²) in [5.74, 6) is 0. The Balaban J connectivity index is 1.33. The fourth-order valence-electron chi connectivity index (χ4n) is 6.33. The van der Waals surface area contributed by atoms with Crippen LogP contribution in [0, 0.1) is 0 Å². The van der Waals surface area contributed by atoms with Crippen molar-refractivity contribution in [2.75, 3.05) is 28.4 Å². The van der Waals surface area contributed by atoms with Crippen LogP contribution in [0.5, 0.6) is 0 Å². The zero-order valence-electron chi connectivity index (χ0n) is 25.5. The zero-order valence-corrected chi connectivity index (χ0v) is 25.5. The third-order valence-corrected chi connectivity index (χ3v) is 8.67. The molecule has 4 aliphatic heterocycles. The van der Waals surface area contributed by atoms with Gasteiger partial charge >= 0.3 is 0 Å². The molecule has 4 aliphatic rings. The Morgan fingerprint density at radius 3 is 1.22 bits per heavy atom. The smallest absolute Gasteiger partial charge is 0.161 e. The van der Waals surface area contributed by atoms with E-state index < -0.39 is 55.7 Å². The minimum Gasteiger partial charge on any atom is -0.388 e. The third-order valence-electron chi connectivity index (χ3n) is 8.67. The normalized spacial score (nSPS) is 49.6. The molecule has 4 rings (SSSR count). The van der Waals surface area contributed by atoms with E-state index in [1.165, 1.54) is 0 Å². The second-order valence-electron chi connectivity index (χ2n) is 11.4. The highest BCUT2D eigenvalue weighted by Gasteiger charge is 2.47. The summed E-state index contributed by atoms with van der Waals surface area (Å²) in [6.07, 6.45) is -5.86. The van der Waals surface area contributed by atoms with Crippen LogP contribution in [0.15, 0.2) is 0 Å². The molecular weight excluding hydrogens is 544 g/mol. The molecule has 13 nitrogen and oxygen atoms in total. The highest BCUT2D eigenvalue weighted by atomic mass is 16.8. The molecule has 13 heteroatoms. The lowest BCUT2D eigenvalue weighted by atomic mass is 9.98. The van der Waals surface area contributed by atoms with Gasteiger partial charge in [0.2, 0.25) is 0 Å². The predicted molar refractivity (Wildman–Crippen MR) is 142 cm³/mol. The first-order chi connectivity index (χ1) is 19.6. The van der Waals surface area contributed by atoms with Crippen LogP contribution in [0.4, 0.5) is 0 Å². The minimum atomic E-state index is -0.891. The van der Waals surface area contributed by atoms with Crippen molar-refractivity contribution in [1.29, 1.82) is 0 Å². The molecule has 0 aliphatic carbocycles. The SMILES string of the molecule is CO[C@H]1C[C@H](O[C@H]2[C@H](C)O[C@@H](O[C@H]3[C@H](C)O[C@@H](O[C@H]4[C@H](C)OC(O)C[C@@H]4OC)C[C@@H]3OC)C[C@@H]2OC)O[C@@H](C)[C@@H]1O. The lowest BCUT2D eigenvalue weighted by Gasteiger charge is -2.46. The van der Waals surface area contributed by atoms with Crippen molar-refractivity contribution in [1.82, 2.24) is 0 Å². The lowest BCUT2D eigenvalue weighted by Crippen LogP contribution is -2.57. The number of hydrogen-bond acceptors (Lipinski definition) is 13. The number of aliphatic hydroxyl groups excluding tert-OH is 2. The van der Waals surface area contributed by atoms with E-state index in [4.69, 9.17) is 52.1 Å². The van der Waals surface area contributed by atoms with Gasteiger partial charge in [0.05, 0.1) is 48.8 Å². The molecule has 240 valence electrons. The minimum absolute atomic E-state index is 0.316. The van der Waals surface area contributed by atoms with Gasteiger partial charge in [-0.2, -0.15) is 0 Å². The molecule has 0 radical (unpaired) electrons. The van der Waals surface area contributed by atoms with Crippen LogP contribution in [-0.2, 0) is 52.1 Å². The van der Waals surface area contributed by atoms with E-state index in [9.17, 15) is 10.2 Å². The molecular formula is C28H50O13. The third kappa shape index (κ3) is 7.96. The van der Waals surface area contributed by atoms with Gasteiger partial charge < -0.3 is 62.3 Å². The van der Waals surface area contributed by atoms with Crippen LogP contribution in [0.3, 0.4) is 0 Å². The summed E-state index contributed by atoms with van der Waals surface area (Å²) in [6.45, 7) is 7.47. The van der Waals surface area contributed by atoms with Gasteiger partial charge in [-0.05, 0) is 27.7 Å². The maximum atomic E-state index is 10.3. The monoisotopic (exact) mass is 594 g/mol. The number of aliphatic hydroxyl groups is 2. The van der Waals surface area contributed by atoms with E-state index in [-0.39, 0.29) is 42.7 Å². The molecule has 41 heavy (non-hydrogen) atoms. The van der Waals surface area contributed by atoms with Gasteiger partial charge in [0.15, 0.2) is 25.2 Å². The van der Waals surface area contributed by atoms with Gasteiger partial charge in [-0.25, -0.2) is 0 Å². The quantitative estimate of drug-likeness (QED) is 0.373. The molecule has 4 fully saturated rings. The van der Waals surface area contributed by atoms with E-state index >= 15 is 0 Å². The van der Waals surface area contributed by atoms with E-state index in [1.54, 1.807) is 35.4 Å². The number of hydrogen-bond donors (Lipinski definition) is 2. The summed E-state index contributed by atoms with van der Waals surface area (Å²) in [5.41, 5.74) is 0. The largest absolute Gasteiger partial charge is 0.388 e. The average Bonchev–Trinajstić information content (AvgIpc) is 2.94. The maximum absolute atomic E-state index is 10.3. The van der Waals surface area contributed by atoms with Crippen molar-refractivity contribution in [3.8, 4) is 0 Å². The van der Waals surface area contributed by atoms with Crippen molar-refractivity contribution in [3.05, 3.63) is 0 Å². The standard InChI is InChI=1S/C28H50O13/c1-13-25(30)17(31-5)10-22(36-13)39-27-15(3)38-24(12-19(27)33-7)41-28-16(4)37-23(11-20(28)34-8)40-26-14(2)35-21(29)9-18(26)32-6/h13-30H,9-12H2,1-8H3/t13-,14-,15-,16-,17-,18-,19-,20-,21?,22-,23-,24-,25-,26-,27-,28-/m0/s1. The van der Waals surface area contributed by atoms with Crippen LogP contribution < -0.4 is 0 Å². The zero-order chi connectivity index (χ0) is 29.8. The molecule has 4 heterocycles. The van der Waals surface area contributed by atoms with Gasteiger partial charge in [-0.15, -0.1) is 0 Å². The first kappa shape index (κ1) is 33.4. The van der Waals surface area contributed by atoms with Crippen molar-refractivity contribution < 1.29 is 62.3 Å². The van der Waals surface area contributed by atoms with E-state index in [2.05, 4.69) is 0 Å². The Hall–Kier alpha value is -0.520. The molecule has 2 N–H and O–H groups in total. The summed E-state index contributed by atoms with van der Waals surface area (Å²) in [7, 11) is 6.43. The van der Waals surface area contributed by atoms with Gasteiger partial charge in [0.1, 0.15) is 24.4 Å². The first-order valence-corrected chi connectivity index (χ1v) is 14.6. The van der Waals surface area contributed by atoms with Gasteiger partial charge in [-0.3, -0.25) is 0 Å². The van der Waals surface area contributed by atoms with Crippen LogP contribution in [-0.4, -0.2) is 137 Å². The van der Waals surface area contributed by atoms with E-state index in [1.807, 2.05) is 20.8 Å². The van der Waals surface area contributed by atoms with E-state index in [0.717, 1.165) is 0 Å². The Bertz CT molecular complexity index is 790. The van der Waals surface area contributed by atoms with Gasteiger partial charge in [0, 0.05) is 54.1 Å². The number of ether oxygens (including phenoxy) is 11. The van der Waals surface area contributed by atoms with Crippen molar-refractivity contribution in [3.63, 3.8) is 0 Å². The summed E-state index contributed by atoms with van der Waals surface area (Å²) in [5, 5.41) is 20.2. The topological polar surface area (TPSA) is 142 Å². The Labute approximate surface area is 242 Å². The predicted octanol–water partition coefficient (Wildman–Crippen LogP) is 1.09. The van der Waals surface area contributed by atoms with Crippen molar-refractivity contribution in [2.45, 2.75) is 152 Å². The second kappa shape index (κ2) is 15.0. The number of rotatable bonds is 10. The molecule has 16 atom stereocenters. The van der Waals surface area contributed by atoms with Crippen molar-refractivity contribution in [2.24, 2.45) is 0 Å². The summed E-state index contributed by atoms with van der Waals surface area (Å²) in [4.78, 5) is 0. The molecule has 0 spiro atoms. The van der Waals surface area contributed by atoms with Crippen LogP contribution in [0.25, 0.3) is 0 Å². The number of methoxy groups -OCH3 is 4. The molecule has 0 aromatic heterocycles. The van der Waals surface area contributed by atoms with E-state index in [0.29, 0.717) is 25.7 Å².